The van der Waals surface area contributed by atoms with Gasteiger partial charge >= 0.3 is 0 Å². The van der Waals surface area contributed by atoms with Gasteiger partial charge in [-0.25, -0.2) is 14.4 Å². The van der Waals surface area contributed by atoms with E-state index in [1.807, 2.05) is 0 Å². The fourth-order valence-corrected chi connectivity index (χ4v) is 3.88. The van der Waals surface area contributed by atoms with Crippen LogP contribution in [0.4, 0.5) is 10.3 Å². The van der Waals surface area contributed by atoms with Gasteiger partial charge in [0.25, 0.3) is 0 Å². The highest BCUT2D eigenvalue weighted by Gasteiger charge is 2.45. The van der Waals surface area contributed by atoms with Gasteiger partial charge in [-0.2, -0.15) is 0 Å². The van der Waals surface area contributed by atoms with Crippen molar-refractivity contribution in [3.63, 3.8) is 0 Å². The van der Waals surface area contributed by atoms with Crippen LogP contribution in [0.1, 0.15) is 32.1 Å². The molecule has 2 saturated heterocycles. The van der Waals surface area contributed by atoms with Crippen molar-refractivity contribution in [2.45, 2.75) is 38.1 Å². The van der Waals surface area contributed by atoms with Gasteiger partial charge < -0.3 is 15.0 Å². The lowest BCUT2D eigenvalue weighted by molar-refractivity contribution is -0.127. The van der Waals surface area contributed by atoms with E-state index in [4.69, 9.17) is 4.74 Å². The van der Waals surface area contributed by atoms with Gasteiger partial charge in [0.1, 0.15) is 0 Å². The predicted octanol–water partition coefficient (Wildman–Crippen LogP) is 1.52. The van der Waals surface area contributed by atoms with Crippen LogP contribution in [0.2, 0.25) is 0 Å². The second-order valence-electron chi connectivity index (χ2n) is 7.21. The maximum atomic E-state index is 13.0. The van der Waals surface area contributed by atoms with Crippen LogP contribution in [0.25, 0.3) is 0 Å². The van der Waals surface area contributed by atoms with Gasteiger partial charge in [-0.1, -0.05) is 0 Å². The van der Waals surface area contributed by atoms with Gasteiger partial charge in [0, 0.05) is 25.6 Å². The van der Waals surface area contributed by atoms with Crippen LogP contribution in [0, 0.1) is 17.2 Å². The van der Waals surface area contributed by atoms with E-state index >= 15 is 0 Å². The first-order valence-electron chi connectivity index (χ1n) is 8.77. The standard InChI is InChI=1S/C17H23FN4O2/c18-13-9-19-16(20-10-13)22-6-3-17(4-7-22)5-8-24-11-14(17)21-15(23)12-1-2-12/h9-10,12,14H,1-8,11H2,(H,21,23)/t14-/m0/s1. The second kappa shape index (κ2) is 6.27. The van der Waals surface area contributed by atoms with E-state index in [0.29, 0.717) is 12.6 Å². The van der Waals surface area contributed by atoms with Gasteiger partial charge in [0.2, 0.25) is 11.9 Å². The molecule has 1 aromatic rings. The van der Waals surface area contributed by atoms with Gasteiger partial charge in [0.15, 0.2) is 5.82 Å². The number of piperidine rings is 1. The molecule has 3 fully saturated rings. The number of halogens is 1. The van der Waals surface area contributed by atoms with E-state index in [2.05, 4.69) is 20.2 Å². The van der Waals surface area contributed by atoms with Crippen molar-refractivity contribution in [2.24, 2.45) is 11.3 Å². The highest BCUT2D eigenvalue weighted by molar-refractivity contribution is 5.81. The monoisotopic (exact) mass is 334 g/mol. The van der Waals surface area contributed by atoms with Crippen LogP contribution >= 0.6 is 0 Å². The quantitative estimate of drug-likeness (QED) is 0.908. The van der Waals surface area contributed by atoms with Crippen molar-refractivity contribution in [1.82, 2.24) is 15.3 Å². The first kappa shape index (κ1) is 15.7. The normalized spacial score (nSPS) is 26.4. The Kier molecular flexibility index (Phi) is 4.12. The number of carbonyl (C=O) groups excluding carboxylic acids is 1. The average molecular weight is 334 g/mol. The van der Waals surface area contributed by atoms with E-state index in [-0.39, 0.29) is 23.3 Å². The number of ether oxygens (including phenoxy) is 1. The second-order valence-corrected chi connectivity index (χ2v) is 7.21. The highest BCUT2D eigenvalue weighted by Crippen LogP contribution is 2.42. The number of carbonyl (C=O) groups is 1. The van der Waals surface area contributed by atoms with E-state index < -0.39 is 5.82 Å². The summed E-state index contributed by atoms with van der Waals surface area (Å²) < 4.78 is 18.6. The third-order valence-corrected chi connectivity index (χ3v) is 5.68. The molecule has 0 unspecified atom stereocenters. The molecule has 1 aliphatic carbocycles. The Hall–Kier alpha value is -1.76. The lowest BCUT2D eigenvalue weighted by atomic mass is 9.69. The molecule has 1 N–H and O–H groups in total. The maximum Gasteiger partial charge on any atom is 0.225 e. The van der Waals surface area contributed by atoms with Crippen LogP contribution in [-0.2, 0) is 9.53 Å². The lowest BCUT2D eigenvalue weighted by Gasteiger charge is -2.49. The molecular weight excluding hydrogens is 311 g/mol. The third-order valence-electron chi connectivity index (χ3n) is 5.68. The van der Waals surface area contributed by atoms with Crippen LogP contribution < -0.4 is 10.2 Å². The predicted molar refractivity (Wildman–Crippen MR) is 86.0 cm³/mol. The number of rotatable bonds is 3. The van der Waals surface area contributed by atoms with Crippen LogP contribution in [0.15, 0.2) is 12.4 Å². The molecule has 0 radical (unpaired) electrons. The molecule has 1 amide bonds. The Labute approximate surface area is 140 Å². The minimum atomic E-state index is -0.417. The summed E-state index contributed by atoms with van der Waals surface area (Å²) in [4.78, 5) is 22.4. The smallest absolute Gasteiger partial charge is 0.225 e. The SMILES string of the molecule is O=C(N[C@H]1COCCC12CCN(c1ncc(F)cn1)CC2)C1CC1. The molecule has 1 aromatic heterocycles. The molecule has 24 heavy (non-hydrogen) atoms. The minimum absolute atomic E-state index is 0.0932. The van der Waals surface area contributed by atoms with Gasteiger partial charge in [-0.15, -0.1) is 0 Å². The van der Waals surface area contributed by atoms with Crippen molar-refractivity contribution in [3.05, 3.63) is 18.2 Å². The largest absolute Gasteiger partial charge is 0.379 e. The minimum Gasteiger partial charge on any atom is -0.379 e. The van der Waals surface area contributed by atoms with E-state index in [1.165, 1.54) is 12.4 Å². The zero-order chi connectivity index (χ0) is 16.6. The topological polar surface area (TPSA) is 67.3 Å². The average Bonchev–Trinajstić information content (AvgIpc) is 3.44. The van der Waals surface area contributed by atoms with Crippen LogP contribution in [0.3, 0.4) is 0 Å². The third kappa shape index (κ3) is 3.09. The van der Waals surface area contributed by atoms with Crippen molar-refractivity contribution >= 4 is 11.9 Å². The number of hydrogen-bond acceptors (Lipinski definition) is 5. The fraction of sp³-hybridized carbons (Fsp3) is 0.706. The summed E-state index contributed by atoms with van der Waals surface area (Å²) in [5, 5.41) is 3.24. The molecule has 3 aliphatic rings. The van der Waals surface area contributed by atoms with Crippen molar-refractivity contribution in [2.75, 3.05) is 31.2 Å². The summed E-state index contributed by atoms with van der Waals surface area (Å²) in [6.45, 7) is 3.00. The first-order chi connectivity index (χ1) is 11.7. The summed E-state index contributed by atoms with van der Waals surface area (Å²) in [5.74, 6) is 0.572. The molecule has 1 spiro atoms. The lowest BCUT2D eigenvalue weighted by Crippen LogP contribution is -2.58. The number of nitrogens with one attached hydrogen (secondary N) is 1. The Morgan fingerprint density at radius 1 is 1.25 bits per heavy atom. The Morgan fingerprint density at radius 3 is 2.62 bits per heavy atom. The number of hydrogen-bond donors (Lipinski definition) is 1. The summed E-state index contributed by atoms with van der Waals surface area (Å²) >= 11 is 0. The van der Waals surface area contributed by atoms with Gasteiger partial charge in [0.05, 0.1) is 25.0 Å². The fourth-order valence-electron chi connectivity index (χ4n) is 3.88. The van der Waals surface area contributed by atoms with Crippen LogP contribution in [-0.4, -0.2) is 48.2 Å². The molecule has 0 bridgehead atoms. The van der Waals surface area contributed by atoms with Crippen LogP contribution in [0.5, 0.6) is 0 Å². The molecule has 3 heterocycles. The molecule has 1 atom stereocenters. The van der Waals surface area contributed by atoms with Crippen molar-refractivity contribution < 1.29 is 13.9 Å². The van der Waals surface area contributed by atoms with Crippen molar-refractivity contribution in [1.29, 1.82) is 0 Å². The summed E-state index contributed by atoms with van der Waals surface area (Å²) in [6.07, 6.45) is 7.35. The van der Waals surface area contributed by atoms with E-state index in [9.17, 15) is 9.18 Å². The molecule has 4 rings (SSSR count). The molecule has 7 heteroatoms. The Balaban J connectivity index is 1.42. The first-order valence-corrected chi connectivity index (χ1v) is 8.77. The number of nitrogens with zero attached hydrogens (tertiary/aromatic N) is 3. The van der Waals surface area contributed by atoms with E-state index in [0.717, 1.165) is 51.8 Å². The Morgan fingerprint density at radius 2 is 1.96 bits per heavy atom. The summed E-state index contributed by atoms with van der Waals surface area (Å²) in [5.41, 5.74) is 0.0966. The number of aromatic nitrogens is 2. The number of anilines is 1. The summed E-state index contributed by atoms with van der Waals surface area (Å²) in [7, 11) is 0. The molecule has 6 nitrogen and oxygen atoms in total. The van der Waals surface area contributed by atoms with Gasteiger partial charge in [-0.05, 0) is 37.5 Å². The molecule has 2 aliphatic heterocycles. The molecule has 130 valence electrons. The summed E-state index contributed by atoms with van der Waals surface area (Å²) in [6, 6.07) is 0.0932. The van der Waals surface area contributed by atoms with Gasteiger partial charge in [-0.3, -0.25) is 4.79 Å². The Bertz CT molecular complexity index is 597. The van der Waals surface area contributed by atoms with Crippen molar-refractivity contribution in [3.8, 4) is 0 Å². The molecular formula is C17H23FN4O2. The zero-order valence-electron chi connectivity index (χ0n) is 13.7. The number of amides is 1. The van der Waals surface area contributed by atoms with E-state index in [1.54, 1.807) is 0 Å². The molecule has 1 saturated carbocycles. The zero-order valence-corrected chi connectivity index (χ0v) is 13.7. The maximum absolute atomic E-state index is 13.0. The highest BCUT2D eigenvalue weighted by atomic mass is 19.1. The molecule has 0 aromatic carbocycles.